The van der Waals surface area contributed by atoms with Crippen molar-refractivity contribution in [1.29, 1.82) is 0 Å². The molecule has 1 aliphatic carbocycles. The fourth-order valence-electron chi connectivity index (χ4n) is 2.53. The van der Waals surface area contributed by atoms with Gasteiger partial charge in [-0.05, 0) is 25.7 Å². The van der Waals surface area contributed by atoms with Gasteiger partial charge in [-0.1, -0.05) is 6.42 Å². The summed E-state index contributed by atoms with van der Waals surface area (Å²) in [6.45, 7) is 0. The van der Waals surface area contributed by atoms with Crippen molar-refractivity contribution in [2.24, 2.45) is 0 Å². The fraction of sp³-hybridized carbons (Fsp3) is 1.00. The molecule has 0 spiro atoms. The van der Waals surface area contributed by atoms with Crippen molar-refractivity contribution in [2.45, 2.75) is 48.8 Å². The Balaban J connectivity index is 1.99. The molecule has 2 unspecified atom stereocenters. The predicted octanol–water partition coefficient (Wildman–Crippen LogP) is 0.643. The summed E-state index contributed by atoms with van der Waals surface area (Å²) in [6, 6.07) is -0.199. The van der Waals surface area contributed by atoms with E-state index in [2.05, 4.69) is 4.72 Å². The average Bonchev–Trinajstić information content (AvgIpc) is 2.63. The molecule has 2 fully saturated rings. The molecule has 5 nitrogen and oxygen atoms in total. The molecular weight excluding hydrogens is 298 g/mol. The lowest BCUT2D eigenvalue weighted by Crippen LogP contribution is -2.45. The summed E-state index contributed by atoms with van der Waals surface area (Å²) in [5, 5.41) is -0.738. The highest BCUT2D eigenvalue weighted by molar-refractivity contribution is 7.92. The molecule has 1 N–H and O–H groups in total. The molecule has 0 aromatic heterocycles. The third kappa shape index (κ3) is 3.37. The van der Waals surface area contributed by atoms with Gasteiger partial charge in [0.15, 0.2) is 0 Å². The minimum absolute atomic E-state index is 0.0342. The molecule has 18 heavy (non-hydrogen) atoms. The van der Waals surface area contributed by atoms with Crippen LogP contribution < -0.4 is 4.72 Å². The molecule has 1 heterocycles. The van der Waals surface area contributed by atoms with Crippen LogP contribution >= 0.6 is 11.6 Å². The maximum Gasteiger partial charge on any atom is 0.214 e. The lowest BCUT2D eigenvalue weighted by Gasteiger charge is -2.25. The number of sulfone groups is 1. The van der Waals surface area contributed by atoms with Crippen molar-refractivity contribution in [3.8, 4) is 0 Å². The highest BCUT2D eigenvalue weighted by atomic mass is 35.5. The molecule has 0 aromatic carbocycles. The minimum Gasteiger partial charge on any atom is -0.229 e. The van der Waals surface area contributed by atoms with Crippen LogP contribution in [-0.4, -0.2) is 45.0 Å². The van der Waals surface area contributed by atoms with E-state index in [9.17, 15) is 16.8 Å². The molecule has 1 aliphatic heterocycles. The van der Waals surface area contributed by atoms with Gasteiger partial charge in [0.2, 0.25) is 10.0 Å². The van der Waals surface area contributed by atoms with Crippen molar-refractivity contribution in [1.82, 2.24) is 4.72 Å². The van der Waals surface area contributed by atoms with Gasteiger partial charge in [0.25, 0.3) is 0 Å². The summed E-state index contributed by atoms with van der Waals surface area (Å²) in [4.78, 5) is 0. The second-order valence-electron chi connectivity index (χ2n) is 5.07. The van der Waals surface area contributed by atoms with Crippen molar-refractivity contribution in [2.75, 3.05) is 11.5 Å². The van der Waals surface area contributed by atoms with Crippen LogP contribution in [0.1, 0.15) is 32.1 Å². The third-order valence-corrected chi connectivity index (χ3v) is 7.91. The normalized spacial score (nSPS) is 33.6. The molecule has 1 saturated heterocycles. The van der Waals surface area contributed by atoms with E-state index in [0.29, 0.717) is 0 Å². The first-order valence-corrected chi connectivity index (χ1v) is 9.96. The summed E-state index contributed by atoms with van der Waals surface area (Å²) in [6.07, 6.45) is 2.90. The SMILES string of the molecule is O=S1(=O)CCC(S(=O)(=O)NC2CCCC2Cl)CC1. The Morgan fingerprint density at radius 2 is 1.67 bits per heavy atom. The largest absolute Gasteiger partial charge is 0.229 e. The summed E-state index contributed by atoms with van der Waals surface area (Å²) < 4.78 is 49.5. The van der Waals surface area contributed by atoms with Crippen LogP contribution in [0.2, 0.25) is 0 Å². The first kappa shape index (κ1) is 14.6. The van der Waals surface area contributed by atoms with Crippen molar-refractivity contribution < 1.29 is 16.8 Å². The van der Waals surface area contributed by atoms with E-state index in [1.54, 1.807) is 0 Å². The first-order chi connectivity index (χ1) is 8.30. The molecule has 2 rings (SSSR count). The Bertz CT molecular complexity index is 488. The topological polar surface area (TPSA) is 80.3 Å². The maximum atomic E-state index is 12.1. The van der Waals surface area contributed by atoms with Gasteiger partial charge in [-0.3, -0.25) is 0 Å². The number of hydrogen-bond donors (Lipinski definition) is 1. The first-order valence-electron chi connectivity index (χ1n) is 6.16. The Hall–Kier alpha value is 0.150. The van der Waals surface area contributed by atoms with Gasteiger partial charge in [0.1, 0.15) is 9.84 Å². The van der Waals surface area contributed by atoms with Crippen LogP contribution in [0, 0.1) is 0 Å². The standard InChI is InChI=1S/C10H18ClNO4S2/c11-9-2-1-3-10(9)12-18(15,16)8-4-6-17(13,14)7-5-8/h8-10,12H,1-7H2. The monoisotopic (exact) mass is 315 g/mol. The Labute approximate surface area is 113 Å². The van der Waals surface area contributed by atoms with E-state index in [-0.39, 0.29) is 35.8 Å². The quantitative estimate of drug-likeness (QED) is 0.775. The molecule has 0 bridgehead atoms. The smallest absolute Gasteiger partial charge is 0.214 e. The van der Waals surface area contributed by atoms with Crippen LogP contribution in [-0.2, 0) is 19.9 Å². The summed E-state index contributed by atoms with van der Waals surface area (Å²) in [5.41, 5.74) is 0. The van der Waals surface area contributed by atoms with E-state index in [1.165, 1.54) is 0 Å². The average molecular weight is 316 g/mol. The van der Waals surface area contributed by atoms with Crippen molar-refractivity contribution in [3.05, 3.63) is 0 Å². The minimum atomic E-state index is -3.45. The molecule has 106 valence electrons. The van der Waals surface area contributed by atoms with Crippen LogP contribution in [0.4, 0.5) is 0 Å². The van der Waals surface area contributed by atoms with Gasteiger partial charge >= 0.3 is 0 Å². The molecule has 2 atom stereocenters. The van der Waals surface area contributed by atoms with Gasteiger partial charge in [0.05, 0.1) is 16.8 Å². The van der Waals surface area contributed by atoms with Gasteiger partial charge in [0, 0.05) is 11.4 Å². The number of halogens is 1. The number of nitrogens with one attached hydrogen (secondary N) is 1. The maximum absolute atomic E-state index is 12.1. The predicted molar refractivity (Wildman–Crippen MR) is 71.0 cm³/mol. The fourth-order valence-corrected chi connectivity index (χ4v) is 6.49. The Morgan fingerprint density at radius 3 is 2.17 bits per heavy atom. The molecule has 0 amide bonds. The number of hydrogen-bond acceptors (Lipinski definition) is 4. The van der Waals surface area contributed by atoms with Gasteiger partial charge in [-0.2, -0.15) is 0 Å². The summed E-state index contributed by atoms with van der Waals surface area (Å²) in [7, 11) is -6.48. The van der Waals surface area contributed by atoms with Crippen molar-refractivity contribution in [3.63, 3.8) is 0 Å². The van der Waals surface area contributed by atoms with E-state index in [0.717, 1.165) is 19.3 Å². The van der Waals surface area contributed by atoms with Crippen LogP contribution in [0.25, 0.3) is 0 Å². The molecule has 0 aromatic rings. The molecule has 8 heteroatoms. The van der Waals surface area contributed by atoms with Gasteiger partial charge in [-0.15, -0.1) is 11.6 Å². The van der Waals surface area contributed by atoms with Crippen LogP contribution in [0.3, 0.4) is 0 Å². The third-order valence-electron chi connectivity index (χ3n) is 3.69. The number of alkyl halides is 1. The Morgan fingerprint density at radius 1 is 1.06 bits per heavy atom. The molecular formula is C10H18ClNO4S2. The van der Waals surface area contributed by atoms with E-state index in [4.69, 9.17) is 11.6 Å². The zero-order valence-electron chi connectivity index (χ0n) is 10.0. The zero-order valence-corrected chi connectivity index (χ0v) is 12.4. The number of rotatable bonds is 3. The Kier molecular flexibility index (Phi) is 4.26. The molecule has 2 aliphatic rings. The second kappa shape index (κ2) is 5.26. The second-order valence-corrected chi connectivity index (χ2v) is 9.92. The highest BCUT2D eigenvalue weighted by Crippen LogP contribution is 2.26. The van der Waals surface area contributed by atoms with E-state index < -0.39 is 25.1 Å². The summed E-state index contributed by atoms with van der Waals surface area (Å²) in [5.74, 6) is -0.0684. The van der Waals surface area contributed by atoms with E-state index >= 15 is 0 Å². The molecule has 1 saturated carbocycles. The van der Waals surface area contributed by atoms with Gasteiger partial charge in [-0.25, -0.2) is 21.6 Å². The van der Waals surface area contributed by atoms with E-state index in [1.807, 2.05) is 0 Å². The molecule has 0 radical (unpaired) electrons. The zero-order chi connectivity index (χ0) is 13.4. The lowest BCUT2D eigenvalue weighted by molar-refractivity contribution is 0.525. The lowest BCUT2D eigenvalue weighted by atomic mass is 10.2. The van der Waals surface area contributed by atoms with Crippen molar-refractivity contribution >= 4 is 31.5 Å². The van der Waals surface area contributed by atoms with Crippen LogP contribution in [0.15, 0.2) is 0 Å². The van der Waals surface area contributed by atoms with Crippen LogP contribution in [0.5, 0.6) is 0 Å². The summed E-state index contributed by atoms with van der Waals surface area (Å²) >= 11 is 6.05. The van der Waals surface area contributed by atoms with Gasteiger partial charge < -0.3 is 0 Å². The number of sulfonamides is 1. The highest BCUT2D eigenvalue weighted by Gasteiger charge is 2.36.